The smallest absolute Gasteiger partial charge is 0.311 e. The molecule has 1 heterocycles. The number of nitrogens with one attached hydrogen (secondary N) is 2. The Hall–Kier alpha value is -4.15. The number of hydrogen-bond acceptors (Lipinski definition) is 7. The van der Waals surface area contributed by atoms with Crippen molar-refractivity contribution in [3.63, 3.8) is 0 Å². The number of rotatable bonds is 8. The number of anilines is 3. The van der Waals surface area contributed by atoms with Crippen LogP contribution in [0.15, 0.2) is 42.5 Å². The standard InChI is InChI=1S/C21H19F2N5O4/c1-3-13-9-19(28(31)32)21(24-11-15-12(2)5-4-6-16(15)23)26-20(13)25-17-10-14(22)7-8-18(17)27(29)30/h4-10H,3,11H2,1-2H3,(H2,24,25,26). The number of benzene rings is 2. The molecule has 3 rings (SSSR count). The maximum absolute atomic E-state index is 14.1. The van der Waals surface area contributed by atoms with E-state index in [2.05, 4.69) is 15.6 Å². The lowest BCUT2D eigenvalue weighted by Gasteiger charge is -2.14. The third kappa shape index (κ3) is 4.77. The van der Waals surface area contributed by atoms with Gasteiger partial charge in [-0.05, 0) is 31.0 Å². The monoisotopic (exact) mass is 443 g/mol. The highest BCUT2D eigenvalue weighted by atomic mass is 19.1. The lowest BCUT2D eigenvalue weighted by molar-refractivity contribution is -0.384. The Labute approximate surface area is 181 Å². The molecular formula is C21H19F2N5O4. The van der Waals surface area contributed by atoms with E-state index in [9.17, 15) is 29.0 Å². The molecule has 2 aromatic carbocycles. The largest absolute Gasteiger partial charge is 0.360 e. The van der Waals surface area contributed by atoms with Crippen molar-refractivity contribution in [3.8, 4) is 0 Å². The minimum absolute atomic E-state index is 0.0721. The van der Waals surface area contributed by atoms with Gasteiger partial charge in [0.25, 0.3) is 5.69 Å². The molecule has 11 heteroatoms. The van der Waals surface area contributed by atoms with Crippen molar-refractivity contribution in [1.29, 1.82) is 0 Å². The molecule has 0 aliphatic rings. The fourth-order valence-electron chi connectivity index (χ4n) is 3.15. The van der Waals surface area contributed by atoms with Gasteiger partial charge >= 0.3 is 5.69 Å². The molecule has 0 aliphatic carbocycles. The molecule has 0 radical (unpaired) electrons. The Balaban J connectivity index is 2.03. The summed E-state index contributed by atoms with van der Waals surface area (Å²) in [6.07, 6.45) is 0.311. The summed E-state index contributed by atoms with van der Waals surface area (Å²) in [5.41, 5.74) is 0.488. The zero-order valence-corrected chi connectivity index (χ0v) is 17.2. The molecule has 166 valence electrons. The molecule has 2 N–H and O–H groups in total. The molecule has 0 aliphatic heterocycles. The van der Waals surface area contributed by atoms with E-state index in [1.165, 1.54) is 12.1 Å². The highest BCUT2D eigenvalue weighted by Gasteiger charge is 2.22. The zero-order valence-electron chi connectivity index (χ0n) is 17.2. The van der Waals surface area contributed by atoms with Crippen LogP contribution < -0.4 is 10.6 Å². The summed E-state index contributed by atoms with van der Waals surface area (Å²) in [6.45, 7) is 3.36. The number of aryl methyl sites for hydroxylation is 2. The molecule has 0 fully saturated rings. The van der Waals surface area contributed by atoms with Gasteiger partial charge < -0.3 is 10.6 Å². The summed E-state index contributed by atoms with van der Waals surface area (Å²) in [6, 6.07) is 8.72. The number of nitro groups is 2. The van der Waals surface area contributed by atoms with Gasteiger partial charge in [0.1, 0.15) is 23.1 Å². The van der Waals surface area contributed by atoms with E-state index in [-0.39, 0.29) is 35.2 Å². The molecule has 0 unspecified atom stereocenters. The predicted octanol–water partition coefficient (Wildman–Crippen LogP) is 5.40. The first kappa shape index (κ1) is 22.5. The number of halogens is 2. The summed E-state index contributed by atoms with van der Waals surface area (Å²) in [5.74, 6) is -1.25. The normalized spacial score (nSPS) is 10.6. The van der Waals surface area contributed by atoms with E-state index < -0.39 is 21.5 Å². The fourth-order valence-corrected chi connectivity index (χ4v) is 3.15. The average Bonchev–Trinajstić information content (AvgIpc) is 2.73. The topological polar surface area (TPSA) is 123 Å². The molecule has 9 nitrogen and oxygen atoms in total. The Morgan fingerprint density at radius 3 is 2.34 bits per heavy atom. The SMILES string of the molecule is CCc1cc([N+](=O)[O-])c(NCc2c(C)cccc2F)nc1Nc1cc(F)ccc1[N+](=O)[O-]. The van der Waals surface area contributed by atoms with Gasteiger partial charge in [-0.3, -0.25) is 20.2 Å². The number of nitro benzene ring substituents is 1. The molecule has 0 amide bonds. The maximum Gasteiger partial charge on any atom is 0.311 e. The Morgan fingerprint density at radius 1 is 1.00 bits per heavy atom. The summed E-state index contributed by atoms with van der Waals surface area (Å²) < 4.78 is 27.9. The highest BCUT2D eigenvalue weighted by Crippen LogP contribution is 2.33. The van der Waals surface area contributed by atoms with Gasteiger partial charge in [0, 0.05) is 35.9 Å². The Morgan fingerprint density at radius 2 is 1.72 bits per heavy atom. The molecule has 0 spiro atoms. The van der Waals surface area contributed by atoms with Crippen molar-refractivity contribution < 1.29 is 18.6 Å². The first-order valence-corrected chi connectivity index (χ1v) is 9.58. The Bertz CT molecular complexity index is 1180. The van der Waals surface area contributed by atoms with Gasteiger partial charge in [-0.25, -0.2) is 13.8 Å². The minimum atomic E-state index is -0.702. The van der Waals surface area contributed by atoms with Crippen LogP contribution in [0, 0.1) is 38.8 Å². The van der Waals surface area contributed by atoms with Gasteiger partial charge in [-0.2, -0.15) is 0 Å². The first-order valence-electron chi connectivity index (χ1n) is 9.58. The van der Waals surface area contributed by atoms with Crippen LogP contribution >= 0.6 is 0 Å². The van der Waals surface area contributed by atoms with E-state index in [0.717, 1.165) is 18.2 Å². The zero-order chi connectivity index (χ0) is 23.4. The van der Waals surface area contributed by atoms with E-state index in [4.69, 9.17) is 0 Å². The van der Waals surface area contributed by atoms with Crippen LogP contribution in [0.4, 0.5) is 37.5 Å². The van der Waals surface area contributed by atoms with Crippen molar-refractivity contribution in [2.45, 2.75) is 26.8 Å². The molecule has 3 aromatic rings. The second-order valence-electron chi connectivity index (χ2n) is 6.91. The van der Waals surface area contributed by atoms with Gasteiger partial charge in [0.05, 0.1) is 9.85 Å². The molecular weight excluding hydrogens is 424 g/mol. The third-order valence-corrected chi connectivity index (χ3v) is 4.85. The molecule has 1 aromatic heterocycles. The maximum atomic E-state index is 14.1. The van der Waals surface area contributed by atoms with Crippen LogP contribution in [0.5, 0.6) is 0 Å². The van der Waals surface area contributed by atoms with Gasteiger partial charge in [-0.15, -0.1) is 0 Å². The molecule has 0 bridgehead atoms. The van der Waals surface area contributed by atoms with E-state index in [1.54, 1.807) is 26.0 Å². The summed E-state index contributed by atoms with van der Waals surface area (Å²) in [7, 11) is 0. The van der Waals surface area contributed by atoms with Crippen LogP contribution in [0.25, 0.3) is 0 Å². The van der Waals surface area contributed by atoms with Gasteiger partial charge in [0.15, 0.2) is 0 Å². The summed E-state index contributed by atoms with van der Waals surface area (Å²) in [4.78, 5) is 25.8. The average molecular weight is 443 g/mol. The van der Waals surface area contributed by atoms with Crippen LogP contribution in [0.2, 0.25) is 0 Å². The fraction of sp³-hybridized carbons (Fsp3) is 0.190. The highest BCUT2D eigenvalue weighted by molar-refractivity contribution is 5.72. The molecule has 0 saturated carbocycles. The molecule has 0 atom stereocenters. The van der Waals surface area contributed by atoms with Crippen molar-refractivity contribution in [2.24, 2.45) is 0 Å². The van der Waals surface area contributed by atoms with E-state index >= 15 is 0 Å². The second kappa shape index (κ2) is 9.33. The van der Waals surface area contributed by atoms with Gasteiger partial charge in [-0.1, -0.05) is 19.1 Å². The van der Waals surface area contributed by atoms with Crippen molar-refractivity contribution >= 4 is 28.7 Å². The van der Waals surface area contributed by atoms with E-state index in [1.807, 2.05) is 0 Å². The predicted molar refractivity (Wildman–Crippen MR) is 115 cm³/mol. The number of nitrogens with zero attached hydrogens (tertiary/aromatic N) is 3. The number of aromatic nitrogens is 1. The molecule has 0 saturated heterocycles. The molecule has 32 heavy (non-hydrogen) atoms. The van der Waals surface area contributed by atoms with Crippen molar-refractivity contribution in [1.82, 2.24) is 4.98 Å². The van der Waals surface area contributed by atoms with Gasteiger partial charge in [0.2, 0.25) is 5.82 Å². The van der Waals surface area contributed by atoms with Crippen LogP contribution in [-0.4, -0.2) is 14.8 Å². The van der Waals surface area contributed by atoms with E-state index in [0.29, 0.717) is 23.1 Å². The lowest BCUT2D eigenvalue weighted by atomic mass is 10.1. The summed E-state index contributed by atoms with van der Waals surface area (Å²) in [5, 5.41) is 28.4. The number of pyridine rings is 1. The van der Waals surface area contributed by atoms with Crippen LogP contribution in [-0.2, 0) is 13.0 Å². The second-order valence-corrected chi connectivity index (χ2v) is 6.91. The van der Waals surface area contributed by atoms with Crippen LogP contribution in [0.1, 0.15) is 23.6 Å². The number of hydrogen-bond donors (Lipinski definition) is 2. The van der Waals surface area contributed by atoms with Crippen LogP contribution in [0.3, 0.4) is 0 Å². The first-order chi connectivity index (χ1) is 15.2. The third-order valence-electron chi connectivity index (χ3n) is 4.85. The lowest BCUT2D eigenvalue weighted by Crippen LogP contribution is -2.10. The minimum Gasteiger partial charge on any atom is -0.360 e. The quantitative estimate of drug-likeness (QED) is 0.353. The van der Waals surface area contributed by atoms with Crippen molar-refractivity contribution in [2.75, 3.05) is 10.6 Å². The van der Waals surface area contributed by atoms with Crippen molar-refractivity contribution in [3.05, 3.63) is 91.0 Å². The summed E-state index contributed by atoms with van der Waals surface area (Å²) >= 11 is 0. The Kier molecular flexibility index (Phi) is 6.57.